The number of piperidine rings is 1. The fourth-order valence-corrected chi connectivity index (χ4v) is 6.69. The van der Waals surface area contributed by atoms with Gasteiger partial charge in [0.1, 0.15) is 17.2 Å². The van der Waals surface area contributed by atoms with Gasteiger partial charge in [0.25, 0.3) is 0 Å². The summed E-state index contributed by atoms with van der Waals surface area (Å²) in [6.45, 7) is 3.74. The number of hydrogen-bond donors (Lipinski definition) is 0. The number of imidazole rings is 1. The predicted molar refractivity (Wildman–Crippen MR) is 155 cm³/mol. The number of rotatable bonds is 4. The van der Waals surface area contributed by atoms with Gasteiger partial charge in [-0.1, -0.05) is 6.07 Å². The van der Waals surface area contributed by atoms with Gasteiger partial charge in [0, 0.05) is 43.8 Å². The summed E-state index contributed by atoms with van der Waals surface area (Å²) in [6.07, 6.45) is 5.23. The van der Waals surface area contributed by atoms with E-state index in [0.717, 1.165) is 25.9 Å². The first-order valence-electron chi connectivity index (χ1n) is 14.4. The van der Waals surface area contributed by atoms with Crippen molar-refractivity contribution < 1.29 is 18.8 Å². The maximum Gasteiger partial charge on any atom is 0.320 e. The average Bonchev–Trinajstić information content (AvgIpc) is 3.59. The zero-order valence-corrected chi connectivity index (χ0v) is 23.7. The van der Waals surface area contributed by atoms with E-state index in [2.05, 4.69) is 16.9 Å². The molecular weight excluding hydrogens is 537 g/mol. The van der Waals surface area contributed by atoms with E-state index < -0.39 is 5.82 Å². The molecule has 5 heterocycles. The Labute approximate surface area is 242 Å². The quantitative estimate of drug-likeness (QED) is 0.349. The molecule has 0 saturated carbocycles. The molecule has 42 heavy (non-hydrogen) atoms. The molecule has 0 bridgehead atoms. The third-order valence-electron chi connectivity index (χ3n) is 8.84. The third kappa shape index (κ3) is 4.39. The van der Waals surface area contributed by atoms with Crippen molar-refractivity contribution in [2.45, 2.75) is 32.4 Å². The first kappa shape index (κ1) is 26.5. The number of halogens is 1. The molecule has 216 valence electrons. The fourth-order valence-electron chi connectivity index (χ4n) is 6.69. The van der Waals surface area contributed by atoms with E-state index in [4.69, 9.17) is 5.10 Å². The number of Topliss-reactive ketones (excluding diaryl/α,β-unsaturated/α-hetero) is 2. The first-order chi connectivity index (χ1) is 20.3. The van der Waals surface area contributed by atoms with Gasteiger partial charge in [-0.25, -0.2) is 14.2 Å². The summed E-state index contributed by atoms with van der Waals surface area (Å²) in [4.78, 5) is 50.2. The normalized spacial score (nSPS) is 18.5. The molecule has 0 atom stereocenters. The Morgan fingerprint density at radius 2 is 1.86 bits per heavy atom. The number of aromatic nitrogens is 4. The summed E-state index contributed by atoms with van der Waals surface area (Å²) < 4.78 is 18.7. The zero-order chi connectivity index (χ0) is 29.1. The van der Waals surface area contributed by atoms with Crippen molar-refractivity contribution in [2.75, 3.05) is 40.3 Å². The number of nitrogens with zero attached hydrogens (tertiary/aromatic N) is 7. The van der Waals surface area contributed by atoms with Crippen LogP contribution in [0, 0.1) is 11.7 Å². The summed E-state index contributed by atoms with van der Waals surface area (Å²) in [5.74, 6) is -0.678. The minimum Gasteiger partial charge on any atom is -0.327 e. The Morgan fingerprint density at radius 3 is 2.67 bits per heavy atom. The molecule has 2 amide bonds. The molecule has 3 aliphatic rings. The Kier molecular flexibility index (Phi) is 6.41. The molecule has 3 aromatic heterocycles. The lowest BCUT2D eigenvalue weighted by molar-refractivity contribution is -0.119. The van der Waals surface area contributed by atoms with Crippen LogP contribution >= 0.6 is 0 Å². The van der Waals surface area contributed by atoms with Crippen LogP contribution in [0.2, 0.25) is 0 Å². The van der Waals surface area contributed by atoms with Crippen molar-refractivity contribution in [2.24, 2.45) is 5.92 Å². The van der Waals surface area contributed by atoms with Gasteiger partial charge in [0.15, 0.2) is 11.6 Å². The van der Waals surface area contributed by atoms with E-state index in [1.165, 1.54) is 12.1 Å². The number of hydrogen-bond acceptors (Lipinski definition) is 6. The second kappa shape index (κ2) is 10.2. The minimum absolute atomic E-state index is 0.0912. The standard InChI is InChI=1S/C31H32FN7O3/c1-35-9-6-19(7-10-35)17-36(2)31(42)37-11-12-39-30-20(18-37)13-21(32)14-22(30)29(34-39)28-25(41)15-24(40)27(28)23-16-33-26-5-3-4-8-38(23)26/h3-5,8,13-14,16,19H,6-7,9-12,15,17-18H2,1-2H3. The van der Waals surface area contributed by atoms with E-state index in [1.807, 2.05) is 25.2 Å². The molecule has 1 aromatic carbocycles. The van der Waals surface area contributed by atoms with E-state index in [9.17, 15) is 14.4 Å². The maximum absolute atomic E-state index is 15.2. The van der Waals surface area contributed by atoms with Gasteiger partial charge in [0.05, 0.1) is 41.5 Å². The van der Waals surface area contributed by atoms with Crippen molar-refractivity contribution in [1.82, 2.24) is 33.9 Å². The second-order valence-electron chi connectivity index (χ2n) is 11.7. The Hall–Kier alpha value is -4.38. The highest BCUT2D eigenvalue weighted by molar-refractivity contribution is 6.51. The van der Waals surface area contributed by atoms with Crippen molar-refractivity contribution in [3.63, 3.8) is 0 Å². The number of ketones is 2. The van der Waals surface area contributed by atoms with E-state index in [0.29, 0.717) is 59.1 Å². The largest absolute Gasteiger partial charge is 0.327 e. The van der Waals surface area contributed by atoms with Crippen molar-refractivity contribution in [3.05, 3.63) is 65.5 Å². The summed E-state index contributed by atoms with van der Waals surface area (Å²) in [5.41, 5.74) is 3.19. The molecule has 0 spiro atoms. The predicted octanol–water partition coefficient (Wildman–Crippen LogP) is 3.49. The molecule has 1 aliphatic carbocycles. The number of urea groups is 1. The SMILES string of the molecule is CN1CCC(CN(C)C(=O)N2CCn3nc(C4=C(c5cnc6ccccn56)C(=O)CC4=O)c4cc(F)cc(c43)C2)CC1. The molecule has 11 heteroatoms. The highest BCUT2D eigenvalue weighted by Gasteiger charge is 2.37. The van der Waals surface area contributed by atoms with E-state index in [-0.39, 0.29) is 41.7 Å². The Morgan fingerprint density at radius 1 is 1.07 bits per heavy atom. The van der Waals surface area contributed by atoms with Crippen molar-refractivity contribution in [3.8, 4) is 0 Å². The molecular formula is C31H32FN7O3. The Bertz CT molecular complexity index is 1800. The van der Waals surface area contributed by atoms with Crippen LogP contribution in [0.1, 0.15) is 36.2 Å². The van der Waals surface area contributed by atoms with Crippen LogP contribution < -0.4 is 0 Å². The topological polar surface area (TPSA) is 96.0 Å². The van der Waals surface area contributed by atoms with Crippen LogP contribution in [0.25, 0.3) is 27.7 Å². The van der Waals surface area contributed by atoms with Crippen molar-refractivity contribution in [1.29, 1.82) is 0 Å². The zero-order valence-electron chi connectivity index (χ0n) is 23.7. The second-order valence-corrected chi connectivity index (χ2v) is 11.7. The fraction of sp³-hybridized carbons (Fsp3) is 0.387. The van der Waals surface area contributed by atoms with Gasteiger partial charge >= 0.3 is 6.03 Å². The van der Waals surface area contributed by atoms with Crippen LogP contribution in [0.15, 0.2) is 42.7 Å². The van der Waals surface area contributed by atoms with Crippen molar-refractivity contribution >= 4 is 45.3 Å². The lowest BCUT2D eigenvalue weighted by Crippen LogP contribution is -2.44. The van der Waals surface area contributed by atoms with Gasteiger partial charge in [-0.05, 0) is 63.2 Å². The summed E-state index contributed by atoms with van der Waals surface area (Å²) >= 11 is 0. The van der Waals surface area contributed by atoms with Gasteiger partial charge in [0.2, 0.25) is 0 Å². The number of fused-ring (bicyclic) bond motifs is 1. The molecule has 7 rings (SSSR count). The van der Waals surface area contributed by atoms with Crippen LogP contribution in [-0.4, -0.2) is 91.7 Å². The molecule has 10 nitrogen and oxygen atoms in total. The minimum atomic E-state index is -0.485. The van der Waals surface area contributed by atoms with Gasteiger partial charge in [-0.3, -0.25) is 18.7 Å². The summed E-state index contributed by atoms with van der Waals surface area (Å²) in [6, 6.07) is 8.22. The average molecular weight is 570 g/mol. The van der Waals surface area contributed by atoms with Gasteiger partial charge in [-0.2, -0.15) is 5.10 Å². The highest BCUT2D eigenvalue weighted by atomic mass is 19.1. The summed E-state index contributed by atoms with van der Waals surface area (Å²) in [7, 11) is 3.95. The first-order valence-corrected chi connectivity index (χ1v) is 14.4. The third-order valence-corrected chi connectivity index (χ3v) is 8.84. The van der Waals surface area contributed by atoms with Crippen LogP contribution in [-0.2, 0) is 22.7 Å². The number of carbonyl (C=O) groups excluding carboxylic acids is 3. The van der Waals surface area contributed by atoms with Gasteiger partial charge in [-0.15, -0.1) is 0 Å². The molecule has 0 unspecified atom stereocenters. The molecule has 1 fully saturated rings. The number of amides is 2. The smallest absolute Gasteiger partial charge is 0.320 e. The Balaban J connectivity index is 1.26. The van der Waals surface area contributed by atoms with Crippen LogP contribution in [0.5, 0.6) is 0 Å². The molecule has 1 saturated heterocycles. The number of likely N-dealkylation sites (tertiary alicyclic amines) is 1. The lowest BCUT2D eigenvalue weighted by Gasteiger charge is -2.33. The number of allylic oxidation sites excluding steroid dienone is 2. The molecule has 0 radical (unpaired) electrons. The molecule has 4 aromatic rings. The summed E-state index contributed by atoms with van der Waals surface area (Å²) in [5, 5.41) is 5.26. The van der Waals surface area contributed by atoms with Crippen LogP contribution in [0.3, 0.4) is 0 Å². The van der Waals surface area contributed by atoms with E-state index in [1.54, 1.807) is 31.3 Å². The number of pyridine rings is 1. The highest BCUT2D eigenvalue weighted by Crippen LogP contribution is 2.39. The van der Waals surface area contributed by atoms with Crippen LogP contribution in [0.4, 0.5) is 9.18 Å². The number of carbonyl (C=O) groups is 3. The lowest BCUT2D eigenvalue weighted by atomic mass is 9.97. The molecule has 2 aliphatic heterocycles. The molecule has 0 N–H and O–H groups in total. The van der Waals surface area contributed by atoms with Gasteiger partial charge < -0.3 is 14.7 Å². The maximum atomic E-state index is 15.2. The monoisotopic (exact) mass is 569 g/mol. The van der Waals surface area contributed by atoms with E-state index >= 15 is 4.39 Å². The number of benzene rings is 1.